The number of carbonyl (C=O) groups is 1. The van der Waals surface area contributed by atoms with Gasteiger partial charge in [0.25, 0.3) is 5.91 Å². The number of aliphatic hydroxyl groups is 1. The topological polar surface area (TPSA) is 61.4 Å². The molecule has 1 aromatic carbocycles. The Morgan fingerprint density at radius 1 is 1.50 bits per heavy atom. The molecule has 2 rings (SSSR count). The molecular weight excluding hydrogens is 306 g/mol. The van der Waals surface area contributed by atoms with Crippen LogP contribution in [0.5, 0.6) is 0 Å². The molecule has 2 unspecified atom stereocenters. The quantitative estimate of drug-likeness (QED) is 0.789. The van der Waals surface area contributed by atoms with Crippen molar-refractivity contribution in [2.24, 2.45) is 0 Å². The first-order valence-electron chi connectivity index (χ1n) is 6.13. The molecule has 4 nitrogen and oxygen atoms in total. The van der Waals surface area contributed by atoms with Crippen LogP contribution < -0.4 is 10.6 Å². The Kier molecular flexibility index (Phi) is 6.20. The van der Waals surface area contributed by atoms with Crippen LogP contribution in [0.3, 0.4) is 0 Å². The van der Waals surface area contributed by atoms with Gasteiger partial charge in [0, 0.05) is 24.5 Å². The molecule has 0 aromatic heterocycles. The van der Waals surface area contributed by atoms with E-state index >= 15 is 0 Å². The van der Waals surface area contributed by atoms with E-state index in [4.69, 9.17) is 11.6 Å². The zero-order chi connectivity index (χ0) is 13.9. The molecule has 2 atom stereocenters. The number of amides is 1. The summed E-state index contributed by atoms with van der Waals surface area (Å²) in [7, 11) is 0. The molecule has 1 aliphatic rings. The molecule has 1 aliphatic heterocycles. The molecule has 1 saturated heterocycles. The van der Waals surface area contributed by atoms with Gasteiger partial charge in [-0.3, -0.25) is 4.79 Å². The number of hydrogen-bond donors (Lipinski definition) is 3. The highest BCUT2D eigenvalue weighted by atomic mass is 35.5. The van der Waals surface area contributed by atoms with Crippen LogP contribution in [0.2, 0.25) is 5.02 Å². The Hall–Kier alpha value is -0.880. The van der Waals surface area contributed by atoms with Crippen LogP contribution in [0.1, 0.15) is 18.1 Å². The van der Waals surface area contributed by atoms with Gasteiger partial charge in [0.05, 0.1) is 6.10 Å². The fraction of sp³-hybridized carbons (Fsp3) is 0.462. The van der Waals surface area contributed by atoms with E-state index in [0.29, 0.717) is 17.1 Å². The summed E-state index contributed by atoms with van der Waals surface area (Å²) in [4.78, 5) is 11.7. The second-order valence-electron chi connectivity index (χ2n) is 4.67. The maximum absolute atomic E-state index is 14.0. The summed E-state index contributed by atoms with van der Waals surface area (Å²) in [5.74, 6) is -0.675. The lowest BCUT2D eigenvalue weighted by Gasteiger charge is -2.19. The van der Waals surface area contributed by atoms with Crippen molar-refractivity contribution in [1.82, 2.24) is 10.6 Å². The molecular formula is C13H17Cl2FN2O2. The first kappa shape index (κ1) is 17.2. The van der Waals surface area contributed by atoms with Crippen molar-refractivity contribution in [3.05, 3.63) is 34.9 Å². The second kappa shape index (κ2) is 7.22. The third-order valence-electron chi connectivity index (χ3n) is 3.22. The summed E-state index contributed by atoms with van der Waals surface area (Å²) in [6.45, 7) is 0.492. The third kappa shape index (κ3) is 4.06. The first-order valence-corrected chi connectivity index (χ1v) is 6.50. The molecule has 20 heavy (non-hydrogen) atoms. The predicted octanol–water partition coefficient (Wildman–Crippen LogP) is 1.61. The number of halogens is 3. The number of nitrogens with one attached hydrogen (secondary N) is 2. The van der Waals surface area contributed by atoms with E-state index in [1.54, 1.807) is 24.3 Å². The van der Waals surface area contributed by atoms with Gasteiger partial charge in [-0.25, -0.2) is 4.39 Å². The zero-order valence-corrected chi connectivity index (χ0v) is 12.3. The summed E-state index contributed by atoms with van der Waals surface area (Å²) in [6.07, 6.45) is -0.713. The first-order chi connectivity index (χ1) is 9.01. The molecule has 1 aromatic rings. The van der Waals surface area contributed by atoms with Crippen molar-refractivity contribution in [2.45, 2.75) is 18.2 Å². The van der Waals surface area contributed by atoms with E-state index < -0.39 is 17.7 Å². The summed E-state index contributed by atoms with van der Waals surface area (Å²) >= 11 is 5.74. The van der Waals surface area contributed by atoms with Gasteiger partial charge >= 0.3 is 0 Å². The van der Waals surface area contributed by atoms with Crippen LogP contribution in [0, 0.1) is 0 Å². The van der Waals surface area contributed by atoms with Gasteiger partial charge in [-0.05, 0) is 24.2 Å². The highest BCUT2D eigenvalue weighted by molar-refractivity contribution is 6.30. The van der Waals surface area contributed by atoms with Gasteiger partial charge in [0.1, 0.15) is 0 Å². The van der Waals surface area contributed by atoms with Crippen molar-refractivity contribution in [3.63, 3.8) is 0 Å². The minimum atomic E-state index is -1.86. The van der Waals surface area contributed by atoms with Crippen LogP contribution in [-0.4, -0.2) is 36.3 Å². The van der Waals surface area contributed by atoms with E-state index in [0.717, 1.165) is 0 Å². The van der Waals surface area contributed by atoms with Gasteiger partial charge in [0.15, 0.2) is 0 Å². The number of hydrogen-bond acceptors (Lipinski definition) is 3. The van der Waals surface area contributed by atoms with Crippen LogP contribution in [0.4, 0.5) is 4.39 Å². The van der Waals surface area contributed by atoms with Gasteiger partial charge in [0.2, 0.25) is 5.67 Å². The summed E-state index contributed by atoms with van der Waals surface area (Å²) in [6, 6.07) is 6.64. The average molecular weight is 323 g/mol. The maximum atomic E-state index is 14.0. The molecule has 1 fully saturated rings. The highest BCUT2D eigenvalue weighted by Crippen LogP contribution is 2.20. The normalized spacial score (nSPS) is 22.9. The molecule has 0 saturated carbocycles. The summed E-state index contributed by atoms with van der Waals surface area (Å²) in [5, 5.41) is 15.7. The van der Waals surface area contributed by atoms with Crippen molar-refractivity contribution < 1.29 is 14.3 Å². The molecule has 0 radical (unpaired) electrons. The monoisotopic (exact) mass is 322 g/mol. The van der Waals surface area contributed by atoms with E-state index in [1.165, 1.54) is 0 Å². The number of benzene rings is 1. The summed E-state index contributed by atoms with van der Waals surface area (Å²) < 4.78 is 14.0. The maximum Gasteiger partial charge on any atom is 0.259 e. The zero-order valence-electron chi connectivity index (χ0n) is 10.7. The van der Waals surface area contributed by atoms with Gasteiger partial charge < -0.3 is 15.7 Å². The standard InChI is InChI=1S/C13H16ClFN2O2.ClH/c14-10-3-1-9(2-4-10)11(18)7-17-12(19)13(15)5-6-16-8-13;/h1-4,11,16,18H,5-8H2,(H,17,19);1H. The SMILES string of the molecule is Cl.O=C(NCC(O)c1ccc(Cl)cc1)C1(F)CCNC1. The van der Waals surface area contributed by atoms with Crippen LogP contribution in [0.15, 0.2) is 24.3 Å². The number of rotatable bonds is 4. The van der Waals surface area contributed by atoms with Gasteiger partial charge in [-0.1, -0.05) is 23.7 Å². The smallest absolute Gasteiger partial charge is 0.259 e. The molecule has 3 N–H and O–H groups in total. The number of carbonyl (C=O) groups excluding carboxylic acids is 1. The number of aliphatic hydroxyl groups excluding tert-OH is 1. The fourth-order valence-corrected chi connectivity index (χ4v) is 2.13. The Morgan fingerprint density at radius 2 is 2.15 bits per heavy atom. The lowest BCUT2D eigenvalue weighted by Crippen LogP contribution is -2.46. The van der Waals surface area contributed by atoms with Crippen molar-refractivity contribution in [1.29, 1.82) is 0 Å². The number of alkyl halides is 1. The van der Waals surface area contributed by atoms with E-state index in [2.05, 4.69) is 10.6 Å². The Morgan fingerprint density at radius 3 is 2.70 bits per heavy atom. The molecule has 1 heterocycles. The second-order valence-corrected chi connectivity index (χ2v) is 5.11. The van der Waals surface area contributed by atoms with Crippen LogP contribution in [0.25, 0.3) is 0 Å². The molecule has 0 spiro atoms. The fourth-order valence-electron chi connectivity index (χ4n) is 2.01. The van der Waals surface area contributed by atoms with Crippen molar-refractivity contribution in [3.8, 4) is 0 Å². The lowest BCUT2D eigenvalue weighted by atomic mass is 10.0. The lowest BCUT2D eigenvalue weighted by molar-refractivity contribution is -0.132. The van der Waals surface area contributed by atoms with E-state index in [-0.39, 0.29) is 31.9 Å². The van der Waals surface area contributed by atoms with E-state index in [9.17, 15) is 14.3 Å². The minimum Gasteiger partial charge on any atom is -0.387 e. The predicted molar refractivity (Wildman–Crippen MR) is 78.0 cm³/mol. The average Bonchev–Trinajstić information content (AvgIpc) is 2.84. The van der Waals surface area contributed by atoms with Gasteiger partial charge in [-0.2, -0.15) is 0 Å². The summed E-state index contributed by atoms with van der Waals surface area (Å²) in [5.41, 5.74) is -1.23. The molecule has 1 amide bonds. The van der Waals surface area contributed by atoms with Crippen molar-refractivity contribution in [2.75, 3.05) is 19.6 Å². The third-order valence-corrected chi connectivity index (χ3v) is 3.47. The van der Waals surface area contributed by atoms with E-state index in [1.807, 2.05) is 0 Å². The Bertz CT molecular complexity index is 450. The molecule has 7 heteroatoms. The largest absolute Gasteiger partial charge is 0.387 e. The van der Waals surface area contributed by atoms with Gasteiger partial charge in [-0.15, -0.1) is 12.4 Å². The van der Waals surface area contributed by atoms with Crippen LogP contribution in [-0.2, 0) is 4.79 Å². The highest BCUT2D eigenvalue weighted by Gasteiger charge is 2.41. The molecule has 0 aliphatic carbocycles. The Balaban J connectivity index is 0.00000200. The molecule has 112 valence electrons. The molecule has 0 bridgehead atoms. The Labute approximate surface area is 128 Å². The minimum absolute atomic E-state index is 0. The van der Waals surface area contributed by atoms with Crippen molar-refractivity contribution >= 4 is 29.9 Å². The van der Waals surface area contributed by atoms with Crippen LogP contribution >= 0.6 is 24.0 Å².